The summed E-state index contributed by atoms with van der Waals surface area (Å²) in [5.74, 6) is 0.841. The highest BCUT2D eigenvalue weighted by atomic mass is 15.4. The molecule has 0 spiro atoms. The van der Waals surface area contributed by atoms with E-state index in [0.29, 0.717) is 0 Å². The lowest BCUT2D eigenvalue weighted by atomic mass is 10.2. The van der Waals surface area contributed by atoms with Gasteiger partial charge in [0.05, 0.1) is 6.20 Å². The molecule has 0 aliphatic carbocycles. The van der Waals surface area contributed by atoms with Crippen LogP contribution in [0, 0.1) is 0 Å². The topological polar surface area (TPSA) is 71.4 Å². The zero-order valence-electron chi connectivity index (χ0n) is 8.10. The van der Waals surface area contributed by atoms with Crippen LogP contribution >= 0.6 is 0 Å². The van der Waals surface area contributed by atoms with Crippen LogP contribution in [0.25, 0.3) is 0 Å². The Morgan fingerprint density at radius 3 is 2.93 bits per heavy atom. The second-order valence-electron chi connectivity index (χ2n) is 3.01. The Morgan fingerprint density at radius 2 is 2.43 bits per heavy atom. The lowest BCUT2D eigenvalue weighted by Gasteiger charge is -2.09. The normalized spacial score (nSPS) is 13.0. The average molecular weight is 192 g/mol. The second kappa shape index (κ2) is 3.59. The third-order valence-electron chi connectivity index (χ3n) is 2.00. The van der Waals surface area contributed by atoms with Crippen molar-refractivity contribution in [2.75, 3.05) is 7.05 Å². The van der Waals surface area contributed by atoms with Gasteiger partial charge in [0.1, 0.15) is 17.6 Å². The Balaban J connectivity index is 2.31. The molecule has 74 valence electrons. The first-order valence-corrected chi connectivity index (χ1v) is 4.34. The highest BCUT2D eigenvalue weighted by Crippen LogP contribution is 2.14. The summed E-state index contributed by atoms with van der Waals surface area (Å²) in [4.78, 5) is 7.22. The van der Waals surface area contributed by atoms with Gasteiger partial charge in [0.2, 0.25) is 0 Å². The molecule has 6 heteroatoms. The van der Waals surface area contributed by atoms with Crippen LogP contribution in [0.5, 0.6) is 0 Å². The van der Waals surface area contributed by atoms with E-state index in [9.17, 15) is 0 Å². The fourth-order valence-corrected chi connectivity index (χ4v) is 1.36. The third-order valence-corrected chi connectivity index (χ3v) is 2.00. The second-order valence-corrected chi connectivity index (χ2v) is 3.01. The molecular weight excluding hydrogens is 180 g/mol. The number of hydrogen-bond donors (Lipinski definition) is 2. The van der Waals surface area contributed by atoms with Crippen LogP contribution in [0.4, 0.5) is 0 Å². The maximum Gasteiger partial charge on any atom is 0.129 e. The van der Waals surface area contributed by atoms with Gasteiger partial charge in [-0.2, -0.15) is 0 Å². The maximum absolute atomic E-state index is 4.18. The molecule has 1 unspecified atom stereocenters. The highest BCUT2D eigenvalue weighted by Gasteiger charge is 2.16. The molecule has 1 atom stereocenters. The van der Waals surface area contributed by atoms with Crippen LogP contribution in [0.1, 0.15) is 17.6 Å². The third kappa shape index (κ3) is 1.51. The quantitative estimate of drug-likeness (QED) is 0.709. The van der Waals surface area contributed by atoms with Crippen LogP contribution in [0.3, 0.4) is 0 Å². The minimum atomic E-state index is -0.0290. The largest absolute Gasteiger partial charge is 0.347 e. The molecule has 0 aliphatic rings. The average Bonchev–Trinajstić information content (AvgIpc) is 2.79. The number of H-pyrrole nitrogens is 1. The van der Waals surface area contributed by atoms with Crippen molar-refractivity contribution in [1.82, 2.24) is 30.3 Å². The van der Waals surface area contributed by atoms with Gasteiger partial charge in [0, 0.05) is 19.4 Å². The molecule has 0 aromatic carbocycles. The van der Waals surface area contributed by atoms with E-state index >= 15 is 0 Å². The zero-order chi connectivity index (χ0) is 9.97. The van der Waals surface area contributed by atoms with Crippen molar-refractivity contribution in [3.63, 3.8) is 0 Å². The number of rotatable bonds is 3. The molecule has 2 heterocycles. The van der Waals surface area contributed by atoms with Crippen molar-refractivity contribution in [2.24, 2.45) is 7.05 Å². The van der Waals surface area contributed by atoms with Crippen LogP contribution in [-0.4, -0.2) is 32.0 Å². The van der Waals surface area contributed by atoms with E-state index in [4.69, 9.17) is 0 Å². The van der Waals surface area contributed by atoms with E-state index in [1.54, 1.807) is 17.1 Å². The first-order valence-electron chi connectivity index (χ1n) is 4.34. The Labute approximate surface area is 81.4 Å². The van der Waals surface area contributed by atoms with Gasteiger partial charge in [-0.05, 0) is 7.05 Å². The van der Waals surface area contributed by atoms with E-state index in [1.807, 2.05) is 20.3 Å². The van der Waals surface area contributed by atoms with Gasteiger partial charge in [-0.15, -0.1) is 5.10 Å². The molecule has 0 amide bonds. The summed E-state index contributed by atoms with van der Waals surface area (Å²) in [7, 11) is 3.70. The smallest absolute Gasteiger partial charge is 0.129 e. The molecule has 2 aromatic rings. The van der Waals surface area contributed by atoms with Crippen LogP contribution in [0.15, 0.2) is 18.6 Å². The first-order chi connectivity index (χ1) is 6.81. The molecule has 0 saturated heterocycles. The van der Waals surface area contributed by atoms with E-state index in [0.717, 1.165) is 11.5 Å². The first kappa shape index (κ1) is 8.89. The number of aryl methyl sites for hydroxylation is 1. The number of aromatic nitrogens is 5. The SMILES string of the molecule is CNC(c1cn(C)nn1)c1ncc[nH]1. The fourth-order valence-electron chi connectivity index (χ4n) is 1.36. The van der Waals surface area contributed by atoms with Crippen molar-refractivity contribution >= 4 is 0 Å². The van der Waals surface area contributed by atoms with Crippen molar-refractivity contribution in [2.45, 2.75) is 6.04 Å². The van der Waals surface area contributed by atoms with Crippen LogP contribution < -0.4 is 5.32 Å². The van der Waals surface area contributed by atoms with E-state index in [1.165, 1.54) is 0 Å². The van der Waals surface area contributed by atoms with Gasteiger partial charge in [-0.3, -0.25) is 4.68 Å². The summed E-state index contributed by atoms with van der Waals surface area (Å²) in [6.45, 7) is 0. The number of aromatic amines is 1. The Morgan fingerprint density at radius 1 is 1.57 bits per heavy atom. The Hall–Kier alpha value is -1.69. The molecule has 14 heavy (non-hydrogen) atoms. The summed E-state index contributed by atoms with van der Waals surface area (Å²) in [6, 6.07) is -0.0290. The standard InChI is InChI=1S/C8H12N6/c1-9-7(8-10-3-4-11-8)6-5-14(2)13-12-6/h3-5,7,9H,1-2H3,(H,10,11). The van der Waals surface area contributed by atoms with Gasteiger partial charge < -0.3 is 10.3 Å². The monoisotopic (exact) mass is 192 g/mol. The van der Waals surface area contributed by atoms with Crippen molar-refractivity contribution in [1.29, 1.82) is 0 Å². The van der Waals surface area contributed by atoms with Gasteiger partial charge in [-0.25, -0.2) is 4.98 Å². The summed E-state index contributed by atoms with van der Waals surface area (Å²) in [6.07, 6.45) is 5.37. The number of nitrogens with zero attached hydrogens (tertiary/aromatic N) is 4. The Bertz CT molecular complexity index is 390. The molecule has 2 rings (SSSR count). The number of imidazole rings is 1. The molecular formula is C8H12N6. The molecule has 0 fully saturated rings. The lowest BCUT2D eigenvalue weighted by molar-refractivity contribution is 0.633. The van der Waals surface area contributed by atoms with Gasteiger partial charge in [0.25, 0.3) is 0 Å². The highest BCUT2D eigenvalue weighted by molar-refractivity contribution is 5.12. The predicted octanol–water partition coefficient (Wildman–Crippen LogP) is -0.153. The van der Waals surface area contributed by atoms with Crippen molar-refractivity contribution in [3.8, 4) is 0 Å². The van der Waals surface area contributed by atoms with Gasteiger partial charge >= 0.3 is 0 Å². The van der Waals surface area contributed by atoms with E-state index < -0.39 is 0 Å². The summed E-state index contributed by atoms with van der Waals surface area (Å²) in [5.41, 5.74) is 0.852. The zero-order valence-corrected chi connectivity index (χ0v) is 8.10. The lowest BCUT2D eigenvalue weighted by Crippen LogP contribution is -2.19. The number of nitrogens with one attached hydrogen (secondary N) is 2. The number of hydrogen-bond acceptors (Lipinski definition) is 4. The maximum atomic E-state index is 4.18. The summed E-state index contributed by atoms with van der Waals surface area (Å²) < 4.78 is 1.67. The molecule has 2 aromatic heterocycles. The van der Waals surface area contributed by atoms with Crippen molar-refractivity contribution in [3.05, 3.63) is 30.1 Å². The van der Waals surface area contributed by atoms with Crippen LogP contribution in [0.2, 0.25) is 0 Å². The predicted molar refractivity (Wildman–Crippen MR) is 50.5 cm³/mol. The molecule has 6 nitrogen and oxygen atoms in total. The minimum Gasteiger partial charge on any atom is -0.347 e. The minimum absolute atomic E-state index is 0.0290. The molecule has 0 saturated carbocycles. The molecule has 0 radical (unpaired) electrons. The van der Waals surface area contributed by atoms with E-state index in [2.05, 4.69) is 25.6 Å². The fraction of sp³-hybridized carbons (Fsp3) is 0.375. The van der Waals surface area contributed by atoms with Gasteiger partial charge in [-0.1, -0.05) is 5.21 Å². The molecule has 0 bridgehead atoms. The van der Waals surface area contributed by atoms with Crippen LogP contribution in [-0.2, 0) is 7.05 Å². The summed E-state index contributed by atoms with van der Waals surface area (Å²) in [5, 5.41) is 11.0. The summed E-state index contributed by atoms with van der Waals surface area (Å²) >= 11 is 0. The Kier molecular flexibility index (Phi) is 2.28. The van der Waals surface area contributed by atoms with Crippen molar-refractivity contribution < 1.29 is 0 Å². The molecule has 2 N–H and O–H groups in total. The molecule has 0 aliphatic heterocycles. The van der Waals surface area contributed by atoms with Gasteiger partial charge in [0.15, 0.2) is 0 Å². The van der Waals surface area contributed by atoms with E-state index in [-0.39, 0.29) is 6.04 Å².